The van der Waals surface area contributed by atoms with Crippen molar-refractivity contribution in [3.8, 4) is 0 Å². The van der Waals surface area contributed by atoms with Gasteiger partial charge in [0.25, 0.3) is 0 Å². The number of amides is 2. The highest BCUT2D eigenvalue weighted by Gasteiger charge is 2.31. The molecule has 3 aromatic rings. The molecule has 0 saturated heterocycles. The van der Waals surface area contributed by atoms with Gasteiger partial charge >= 0.3 is 0 Å². The Bertz CT molecular complexity index is 1380. The van der Waals surface area contributed by atoms with Gasteiger partial charge in [0.05, 0.1) is 11.9 Å². The fraction of sp³-hybridized carbons (Fsp3) is 0.355. The third-order valence-corrected chi connectivity index (χ3v) is 8.11. The summed E-state index contributed by atoms with van der Waals surface area (Å²) in [6, 6.07) is 23.7. The number of nitrogens with zero attached hydrogens (tertiary/aromatic N) is 2. The van der Waals surface area contributed by atoms with Crippen LogP contribution in [0.5, 0.6) is 0 Å². The lowest BCUT2D eigenvalue weighted by Gasteiger charge is -2.32. The first kappa shape index (κ1) is 31.4. The Balaban J connectivity index is 1.87. The summed E-state index contributed by atoms with van der Waals surface area (Å²) in [4.78, 5) is 28.9. The van der Waals surface area contributed by atoms with Crippen LogP contribution in [0.4, 0.5) is 5.69 Å². The lowest BCUT2D eigenvalue weighted by molar-refractivity contribution is -0.141. The second kappa shape index (κ2) is 14.5. The lowest BCUT2D eigenvalue weighted by Crippen LogP contribution is -2.51. The van der Waals surface area contributed by atoms with Crippen LogP contribution in [-0.4, -0.2) is 50.0 Å². The number of hydrogen-bond donors (Lipinski definition) is 1. The van der Waals surface area contributed by atoms with Crippen molar-refractivity contribution in [2.24, 2.45) is 0 Å². The Kier molecular flexibility index (Phi) is 11.3. The van der Waals surface area contributed by atoms with Gasteiger partial charge in [0.1, 0.15) is 6.04 Å². The molecule has 214 valence electrons. The van der Waals surface area contributed by atoms with Crippen LogP contribution in [0, 0.1) is 6.92 Å². The molecule has 9 heteroatoms. The quantitative estimate of drug-likeness (QED) is 0.272. The molecule has 0 aliphatic rings. The normalized spacial score (nSPS) is 12.2. The summed E-state index contributed by atoms with van der Waals surface area (Å²) in [5.74, 6) is -0.434. The molecule has 0 fully saturated rings. The number of aryl methyl sites for hydroxylation is 1. The molecular weight excluding hydrogens is 590 g/mol. The van der Waals surface area contributed by atoms with Crippen molar-refractivity contribution in [3.63, 3.8) is 0 Å². The van der Waals surface area contributed by atoms with E-state index in [0.717, 1.165) is 21.2 Å². The van der Waals surface area contributed by atoms with Gasteiger partial charge in [-0.15, -0.1) is 0 Å². The van der Waals surface area contributed by atoms with Crippen LogP contribution in [0.3, 0.4) is 0 Å². The number of nitrogens with one attached hydrogen (secondary N) is 1. The van der Waals surface area contributed by atoms with Crippen molar-refractivity contribution >= 4 is 43.5 Å². The largest absolute Gasteiger partial charge is 0.352 e. The molecule has 0 radical (unpaired) electrons. The summed E-state index contributed by atoms with van der Waals surface area (Å²) in [7, 11) is -3.55. The fourth-order valence-corrected chi connectivity index (χ4v) is 5.89. The Morgan fingerprint density at radius 3 is 2.17 bits per heavy atom. The van der Waals surface area contributed by atoms with Gasteiger partial charge in [0.15, 0.2) is 0 Å². The first-order chi connectivity index (χ1) is 18.9. The molecule has 0 aliphatic heterocycles. The average Bonchev–Trinajstić information content (AvgIpc) is 2.89. The number of carbonyl (C=O) groups is 2. The Labute approximate surface area is 246 Å². The number of benzene rings is 3. The van der Waals surface area contributed by atoms with E-state index in [-0.39, 0.29) is 37.4 Å². The number of halogens is 1. The van der Waals surface area contributed by atoms with Crippen molar-refractivity contribution in [3.05, 3.63) is 100 Å². The van der Waals surface area contributed by atoms with Crippen LogP contribution >= 0.6 is 15.9 Å². The number of hydrogen-bond acceptors (Lipinski definition) is 4. The smallest absolute Gasteiger partial charge is 0.243 e. The number of rotatable bonds is 13. The first-order valence-corrected chi connectivity index (χ1v) is 16.0. The zero-order valence-electron chi connectivity index (χ0n) is 23.5. The molecule has 0 aromatic heterocycles. The molecule has 1 unspecified atom stereocenters. The molecule has 1 N–H and O–H groups in total. The highest BCUT2D eigenvalue weighted by Crippen LogP contribution is 2.21. The molecule has 0 saturated carbocycles. The van der Waals surface area contributed by atoms with Gasteiger partial charge in [0, 0.05) is 36.4 Å². The molecule has 2 amide bonds. The molecule has 0 heterocycles. The Hall–Kier alpha value is -3.17. The maximum absolute atomic E-state index is 13.8. The molecule has 40 heavy (non-hydrogen) atoms. The summed E-state index contributed by atoms with van der Waals surface area (Å²) in [6.07, 6.45) is 1.92. The number of carbonyl (C=O) groups excluding carboxylic acids is 2. The van der Waals surface area contributed by atoms with Crippen LogP contribution in [0.25, 0.3) is 0 Å². The molecule has 1 atom stereocenters. The molecule has 0 spiro atoms. The second-order valence-electron chi connectivity index (χ2n) is 10.3. The maximum atomic E-state index is 13.8. The van der Waals surface area contributed by atoms with Gasteiger partial charge in [-0.2, -0.15) is 0 Å². The van der Waals surface area contributed by atoms with E-state index in [1.807, 2.05) is 87.5 Å². The van der Waals surface area contributed by atoms with Gasteiger partial charge in [-0.3, -0.25) is 13.9 Å². The van der Waals surface area contributed by atoms with E-state index in [4.69, 9.17) is 0 Å². The second-order valence-corrected chi connectivity index (χ2v) is 13.1. The van der Waals surface area contributed by atoms with E-state index in [1.165, 1.54) is 10.6 Å². The third kappa shape index (κ3) is 9.48. The Morgan fingerprint density at radius 2 is 1.57 bits per heavy atom. The minimum Gasteiger partial charge on any atom is -0.352 e. The van der Waals surface area contributed by atoms with E-state index in [1.54, 1.807) is 17.0 Å². The third-order valence-electron chi connectivity index (χ3n) is 6.42. The summed E-state index contributed by atoms with van der Waals surface area (Å²) in [6.45, 7) is 6.12. The van der Waals surface area contributed by atoms with Crippen LogP contribution in [0.1, 0.15) is 43.4 Å². The number of sulfonamides is 1. The minimum absolute atomic E-state index is 0.0894. The molecular formula is C31H38BrN3O4S. The van der Waals surface area contributed by atoms with Crippen LogP contribution in [0.15, 0.2) is 83.3 Å². The van der Waals surface area contributed by atoms with Crippen LogP contribution in [-0.2, 0) is 32.6 Å². The zero-order chi connectivity index (χ0) is 29.3. The SMILES string of the molecule is Cc1ccc(N(CCCC(=O)N(Cc2cccc(Br)c2)C(Cc2ccccc2)C(=O)NC(C)C)S(C)(=O)=O)cc1. The molecule has 0 aliphatic carbocycles. The number of anilines is 1. The molecule has 7 nitrogen and oxygen atoms in total. The zero-order valence-corrected chi connectivity index (χ0v) is 25.9. The minimum atomic E-state index is -3.55. The van der Waals surface area contributed by atoms with Gasteiger partial charge in [-0.05, 0) is 62.6 Å². The predicted molar refractivity (Wildman–Crippen MR) is 165 cm³/mol. The lowest BCUT2D eigenvalue weighted by atomic mass is 10.0. The van der Waals surface area contributed by atoms with Gasteiger partial charge in [-0.25, -0.2) is 8.42 Å². The summed E-state index contributed by atoms with van der Waals surface area (Å²) < 4.78 is 27.4. The summed E-state index contributed by atoms with van der Waals surface area (Å²) in [5, 5.41) is 2.99. The maximum Gasteiger partial charge on any atom is 0.243 e. The van der Waals surface area contributed by atoms with E-state index >= 15 is 0 Å². The van der Waals surface area contributed by atoms with Crippen LogP contribution < -0.4 is 9.62 Å². The molecule has 3 rings (SSSR count). The van der Waals surface area contributed by atoms with Crippen molar-refractivity contribution < 1.29 is 18.0 Å². The molecule has 3 aromatic carbocycles. The monoisotopic (exact) mass is 627 g/mol. The van der Waals surface area contributed by atoms with Gasteiger partial charge < -0.3 is 10.2 Å². The van der Waals surface area contributed by atoms with Crippen molar-refractivity contribution in [1.29, 1.82) is 0 Å². The van der Waals surface area contributed by atoms with Gasteiger partial charge in [-0.1, -0.05) is 76.1 Å². The predicted octanol–water partition coefficient (Wildman–Crippen LogP) is 5.47. The first-order valence-electron chi connectivity index (χ1n) is 13.4. The van der Waals surface area contributed by atoms with Crippen LogP contribution in [0.2, 0.25) is 0 Å². The highest BCUT2D eigenvalue weighted by molar-refractivity contribution is 9.10. The summed E-state index contributed by atoms with van der Waals surface area (Å²) >= 11 is 3.50. The van der Waals surface area contributed by atoms with E-state index in [0.29, 0.717) is 18.5 Å². The Morgan fingerprint density at radius 1 is 0.925 bits per heavy atom. The standard InChI is InChI=1S/C31H38BrN3O4S/c1-23(2)33-31(37)29(21-25-10-6-5-7-11-25)34(22-26-12-8-13-27(32)20-26)30(36)14-9-19-35(40(4,38)39)28-17-15-24(3)16-18-28/h5-8,10-13,15-18,20,23,29H,9,14,19,21-22H2,1-4H3,(H,33,37). The van der Waals surface area contributed by atoms with E-state index < -0.39 is 16.1 Å². The van der Waals surface area contributed by atoms with Crippen molar-refractivity contribution in [2.75, 3.05) is 17.1 Å². The molecule has 0 bridgehead atoms. The summed E-state index contributed by atoms with van der Waals surface area (Å²) in [5.41, 5.74) is 3.42. The topological polar surface area (TPSA) is 86.8 Å². The average molecular weight is 629 g/mol. The van der Waals surface area contributed by atoms with Gasteiger partial charge in [0.2, 0.25) is 21.8 Å². The van der Waals surface area contributed by atoms with E-state index in [9.17, 15) is 18.0 Å². The highest BCUT2D eigenvalue weighted by atomic mass is 79.9. The van der Waals surface area contributed by atoms with Crippen molar-refractivity contribution in [2.45, 2.75) is 58.7 Å². The van der Waals surface area contributed by atoms with Crippen molar-refractivity contribution in [1.82, 2.24) is 10.2 Å². The fourth-order valence-electron chi connectivity index (χ4n) is 4.48. The van der Waals surface area contributed by atoms with E-state index in [2.05, 4.69) is 21.2 Å².